The number of benzene rings is 1. The Morgan fingerprint density at radius 2 is 1.68 bits per heavy atom. The van der Waals surface area contributed by atoms with E-state index >= 15 is 0 Å². The first kappa shape index (κ1) is 23.1. The number of carbonyl (C=O) groups excluding carboxylic acids is 2. The van der Waals surface area contributed by atoms with Crippen LogP contribution in [0.25, 0.3) is 11.3 Å². The summed E-state index contributed by atoms with van der Waals surface area (Å²) in [5.41, 5.74) is 4.57. The summed E-state index contributed by atoms with van der Waals surface area (Å²) < 4.78 is 7.33. The first-order valence-corrected chi connectivity index (χ1v) is 11.7. The van der Waals surface area contributed by atoms with Crippen LogP contribution in [0.3, 0.4) is 0 Å². The number of nitrogens with one attached hydrogen (secondary N) is 1. The minimum Gasteiger partial charge on any atom is -0.462 e. The van der Waals surface area contributed by atoms with E-state index < -0.39 is 0 Å². The maximum absolute atomic E-state index is 12.7. The number of hydrogen-bond donors (Lipinski definition) is 1. The van der Waals surface area contributed by atoms with E-state index in [0.717, 1.165) is 29.8 Å². The van der Waals surface area contributed by atoms with Gasteiger partial charge in [-0.2, -0.15) is 0 Å². The Hall–Kier alpha value is -2.56. The molecule has 0 bridgehead atoms. The molecule has 5 nitrogen and oxygen atoms in total. The number of esters is 1. The molecule has 168 valence electrons. The van der Waals surface area contributed by atoms with Gasteiger partial charge in [-0.15, -0.1) is 0 Å². The van der Waals surface area contributed by atoms with Crippen LogP contribution in [0.4, 0.5) is 0 Å². The van der Waals surface area contributed by atoms with Gasteiger partial charge in [-0.25, -0.2) is 4.79 Å². The number of amides is 1. The van der Waals surface area contributed by atoms with Crippen LogP contribution in [0.15, 0.2) is 30.3 Å². The van der Waals surface area contributed by atoms with Crippen molar-refractivity contribution < 1.29 is 14.3 Å². The zero-order valence-electron chi connectivity index (χ0n) is 19.2. The molecule has 3 rings (SSSR count). The van der Waals surface area contributed by atoms with Crippen molar-refractivity contribution in [2.75, 3.05) is 6.61 Å². The van der Waals surface area contributed by atoms with Gasteiger partial charge >= 0.3 is 5.97 Å². The lowest BCUT2D eigenvalue weighted by Gasteiger charge is -2.21. The van der Waals surface area contributed by atoms with Crippen LogP contribution < -0.4 is 5.32 Å². The molecule has 1 N–H and O–H groups in total. The maximum Gasteiger partial charge on any atom is 0.339 e. The lowest BCUT2D eigenvalue weighted by Crippen LogP contribution is -2.35. The molecule has 0 aliphatic heterocycles. The number of nitrogens with zero attached hydrogens (tertiary/aromatic N) is 1. The molecule has 0 radical (unpaired) electrons. The molecule has 1 heterocycles. The lowest BCUT2D eigenvalue weighted by atomic mass is 9.96. The van der Waals surface area contributed by atoms with Gasteiger partial charge < -0.3 is 14.6 Å². The van der Waals surface area contributed by atoms with Crippen molar-refractivity contribution in [3.8, 4) is 11.3 Å². The summed E-state index contributed by atoms with van der Waals surface area (Å²) in [6.07, 6.45) is 8.80. The van der Waals surface area contributed by atoms with Gasteiger partial charge in [-0.3, -0.25) is 4.79 Å². The van der Waals surface area contributed by atoms with Crippen LogP contribution >= 0.6 is 0 Å². The second-order valence-corrected chi connectivity index (χ2v) is 8.63. The van der Waals surface area contributed by atoms with E-state index in [1.54, 1.807) is 0 Å². The standard InChI is InChI=1S/C26H36N2O3/c1-4-31-26(30)23-18-24(21-14-12-19(2)13-15-21)28(20(23)3)17-16-25(29)27-22-10-8-6-5-7-9-11-22/h12-15,18,22H,4-11,16-17H2,1-3H3,(H,27,29). The normalized spacial score (nSPS) is 15.2. The number of hydrogen-bond acceptors (Lipinski definition) is 3. The van der Waals surface area contributed by atoms with Crippen LogP contribution in [0.2, 0.25) is 0 Å². The van der Waals surface area contributed by atoms with Crippen molar-refractivity contribution >= 4 is 11.9 Å². The van der Waals surface area contributed by atoms with Gasteiger partial charge in [-0.1, -0.05) is 61.9 Å². The first-order chi connectivity index (χ1) is 15.0. The number of aromatic nitrogens is 1. The summed E-state index contributed by atoms with van der Waals surface area (Å²) in [5.74, 6) is -0.225. The number of aryl methyl sites for hydroxylation is 1. The third-order valence-corrected chi connectivity index (χ3v) is 6.24. The summed E-state index contributed by atoms with van der Waals surface area (Å²) in [6, 6.07) is 10.4. The molecular formula is C26H36N2O3. The van der Waals surface area contributed by atoms with Crippen molar-refractivity contribution in [1.29, 1.82) is 0 Å². The predicted octanol–water partition coefficient (Wildman–Crippen LogP) is 5.57. The van der Waals surface area contributed by atoms with E-state index in [-0.39, 0.29) is 11.9 Å². The molecule has 1 aliphatic carbocycles. The first-order valence-electron chi connectivity index (χ1n) is 11.7. The number of carbonyl (C=O) groups is 2. The van der Waals surface area contributed by atoms with Crippen molar-refractivity contribution in [3.63, 3.8) is 0 Å². The van der Waals surface area contributed by atoms with Crippen molar-refractivity contribution in [1.82, 2.24) is 9.88 Å². The Bertz CT molecular complexity index is 875. The van der Waals surface area contributed by atoms with Crippen LogP contribution in [0.1, 0.15) is 79.9 Å². The smallest absolute Gasteiger partial charge is 0.339 e. The van der Waals surface area contributed by atoms with Gasteiger partial charge in [0.1, 0.15) is 0 Å². The van der Waals surface area contributed by atoms with E-state index in [2.05, 4.69) is 41.1 Å². The topological polar surface area (TPSA) is 60.3 Å². The fourth-order valence-corrected chi connectivity index (χ4v) is 4.43. The third-order valence-electron chi connectivity index (χ3n) is 6.24. The molecule has 1 amide bonds. The Kier molecular flexibility index (Phi) is 8.33. The fraction of sp³-hybridized carbons (Fsp3) is 0.538. The Morgan fingerprint density at radius 1 is 1.03 bits per heavy atom. The second-order valence-electron chi connectivity index (χ2n) is 8.63. The van der Waals surface area contributed by atoms with E-state index in [9.17, 15) is 9.59 Å². The summed E-state index contributed by atoms with van der Waals surface area (Å²) >= 11 is 0. The molecule has 1 aromatic carbocycles. The summed E-state index contributed by atoms with van der Waals surface area (Å²) in [6.45, 7) is 6.67. The highest BCUT2D eigenvalue weighted by atomic mass is 16.5. The largest absolute Gasteiger partial charge is 0.462 e. The SMILES string of the molecule is CCOC(=O)c1cc(-c2ccc(C)cc2)n(CCC(=O)NC2CCCCCCC2)c1C. The van der Waals surface area contributed by atoms with Crippen LogP contribution in [-0.4, -0.2) is 29.1 Å². The zero-order chi connectivity index (χ0) is 22.2. The number of rotatable bonds is 7. The lowest BCUT2D eigenvalue weighted by molar-refractivity contribution is -0.122. The molecule has 0 saturated heterocycles. The van der Waals surface area contributed by atoms with Gasteiger partial charge in [0.25, 0.3) is 0 Å². The van der Waals surface area contributed by atoms with Crippen molar-refractivity contribution in [3.05, 3.63) is 47.2 Å². The summed E-state index contributed by atoms with van der Waals surface area (Å²) in [5, 5.41) is 3.25. The van der Waals surface area contributed by atoms with Gasteiger partial charge in [0, 0.05) is 30.4 Å². The average molecular weight is 425 g/mol. The minimum atomic E-state index is -0.314. The Balaban J connectivity index is 1.75. The molecule has 0 unspecified atom stereocenters. The molecule has 1 saturated carbocycles. The maximum atomic E-state index is 12.7. The van der Waals surface area contributed by atoms with E-state index in [0.29, 0.717) is 31.2 Å². The van der Waals surface area contributed by atoms with Crippen molar-refractivity contribution in [2.45, 2.75) is 84.7 Å². The molecule has 31 heavy (non-hydrogen) atoms. The van der Waals surface area contributed by atoms with Crippen LogP contribution in [-0.2, 0) is 16.1 Å². The van der Waals surface area contributed by atoms with Crippen molar-refractivity contribution in [2.24, 2.45) is 0 Å². The highest BCUT2D eigenvalue weighted by molar-refractivity contribution is 5.92. The highest BCUT2D eigenvalue weighted by Gasteiger charge is 2.20. The van der Waals surface area contributed by atoms with Crippen LogP contribution in [0.5, 0.6) is 0 Å². The van der Waals surface area contributed by atoms with Gasteiger partial charge in [0.05, 0.1) is 12.2 Å². The molecule has 1 aliphatic rings. The third kappa shape index (κ3) is 6.22. The summed E-state index contributed by atoms with van der Waals surface area (Å²) in [7, 11) is 0. The highest BCUT2D eigenvalue weighted by Crippen LogP contribution is 2.27. The molecular weight excluding hydrogens is 388 g/mol. The van der Waals surface area contributed by atoms with E-state index in [4.69, 9.17) is 4.74 Å². The predicted molar refractivity (Wildman–Crippen MR) is 124 cm³/mol. The Morgan fingerprint density at radius 3 is 2.32 bits per heavy atom. The van der Waals surface area contributed by atoms with E-state index in [1.165, 1.54) is 37.7 Å². The average Bonchev–Trinajstić information content (AvgIpc) is 3.05. The molecule has 2 aromatic rings. The molecule has 1 fully saturated rings. The van der Waals surface area contributed by atoms with Crippen LogP contribution in [0, 0.1) is 13.8 Å². The summed E-state index contributed by atoms with van der Waals surface area (Å²) in [4.78, 5) is 25.2. The Labute approximate surface area is 186 Å². The van der Waals surface area contributed by atoms with Gasteiger partial charge in [-0.05, 0) is 45.2 Å². The monoisotopic (exact) mass is 424 g/mol. The zero-order valence-corrected chi connectivity index (χ0v) is 19.2. The molecule has 0 spiro atoms. The van der Waals surface area contributed by atoms with Gasteiger partial charge in [0.15, 0.2) is 0 Å². The molecule has 0 atom stereocenters. The molecule has 1 aromatic heterocycles. The van der Waals surface area contributed by atoms with E-state index in [1.807, 2.05) is 19.9 Å². The minimum absolute atomic E-state index is 0.0891. The quantitative estimate of drug-likeness (QED) is 0.591. The number of ether oxygens (including phenoxy) is 1. The van der Waals surface area contributed by atoms with Gasteiger partial charge in [0.2, 0.25) is 5.91 Å². The fourth-order valence-electron chi connectivity index (χ4n) is 4.43. The molecule has 5 heteroatoms. The second kappa shape index (κ2) is 11.2.